The molecule has 0 radical (unpaired) electrons. The number of benzene rings is 1. The Morgan fingerprint density at radius 2 is 1.73 bits per heavy atom. The van der Waals surface area contributed by atoms with E-state index in [-0.39, 0.29) is 6.10 Å². The lowest BCUT2D eigenvalue weighted by molar-refractivity contribution is 0.0614. The third-order valence-corrected chi connectivity index (χ3v) is 5.07. The minimum absolute atomic E-state index is 0.389. The van der Waals surface area contributed by atoms with E-state index in [1.807, 2.05) is 30.3 Å². The van der Waals surface area contributed by atoms with Crippen LogP contribution in [0.25, 0.3) is 5.57 Å². The standard InChI is InChI=1S/C20H26O2/c21-19-12-6-5-11-17(19)15-18(16-9-3-1-4-10-16)20(22)13-7-2-8-14-20/h1,3-4,9-10,19,21-22H,2,5-8,11-14H2/t15?,19-/m0/s1. The molecule has 2 nitrogen and oxygen atoms in total. The van der Waals surface area contributed by atoms with Crippen LogP contribution in [0, 0.1) is 0 Å². The van der Waals surface area contributed by atoms with Crippen LogP contribution in [-0.4, -0.2) is 21.9 Å². The molecule has 0 spiro atoms. The second-order valence-corrected chi connectivity index (χ2v) is 6.75. The highest BCUT2D eigenvalue weighted by Gasteiger charge is 2.34. The van der Waals surface area contributed by atoms with Crippen molar-refractivity contribution in [2.75, 3.05) is 0 Å². The van der Waals surface area contributed by atoms with Gasteiger partial charge in [0.05, 0.1) is 11.7 Å². The fourth-order valence-corrected chi connectivity index (χ4v) is 3.75. The van der Waals surface area contributed by atoms with Crippen LogP contribution in [0.15, 0.2) is 41.6 Å². The summed E-state index contributed by atoms with van der Waals surface area (Å²) >= 11 is 0. The fourth-order valence-electron chi connectivity index (χ4n) is 3.75. The molecule has 118 valence electrons. The summed E-state index contributed by atoms with van der Waals surface area (Å²) in [6, 6.07) is 10.1. The number of hydrogen-bond donors (Lipinski definition) is 2. The largest absolute Gasteiger partial charge is 0.388 e. The van der Waals surface area contributed by atoms with E-state index >= 15 is 0 Å². The summed E-state index contributed by atoms with van der Waals surface area (Å²) in [5.41, 5.74) is 5.59. The van der Waals surface area contributed by atoms with Gasteiger partial charge in [-0.15, -0.1) is 5.73 Å². The predicted molar refractivity (Wildman–Crippen MR) is 89.4 cm³/mol. The van der Waals surface area contributed by atoms with Gasteiger partial charge in [0.2, 0.25) is 0 Å². The molecule has 2 heteroatoms. The second-order valence-electron chi connectivity index (χ2n) is 6.75. The van der Waals surface area contributed by atoms with Gasteiger partial charge in [-0.1, -0.05) is 56.0 Å². The minimum Gasteiger partial charge on any atom is -0.388 e. The summed E-state index contributed by atoms with van der Waals surface area (Å²) in [4.78, 5) is 0. The summed E-state index contributed by atoms with van der Waals surface area (Å²) in [7, 11) is 0. The summed E-state index contributed by atoms with van der Waals surface area (Å²) < 4.78 is 0. The Kier molecular flexibility index (Phi) is 4.83. The Hall–Kier alpha value is -1.34. The smallest absolute Gasteiger partial charge is 0.0973 e. The van der Waals surface area contributed by atoms with Crippen LogP contribution >= 0.6 is 0 Å². The Labute approximate surface area is 133 Å². The van der Waals surface area contributed by atoms with Gasteiger partial charge >= 0.3 is 0 Å². The van der Waals surface area contributed by atoms with Crippen molar-refractivity contribution < 1.29 is 10.2 Å². The highest BCUT2D eigenvalue weighted by Crippen LogP contribution is 2.39. The molecule has 2 saturated carbocycles. The van der Waals surface area contributed by atoms with Gasteiger partial charge in [-0.3, -0.25) is 0 Å². The van der Waals surface area contributed by atoms with Gasteiger partial charge in [-0.2, -0.15) is 0 Å². The Balaban J connectivity index is 2.08. The SMILES string of the molecule is O[C@H]1CCCCC1=C=C(c1ccccc1)C1(O)CCCCC1. The number of hydrogen-bond acceptors (Lipinski definition) is 2. The fraction of sp³-hybridized carbons (Fsp3) is 0.550. The van der Waals surface area contributed by atoms with E-state index in [2.05, 4.69) is 5.73 Å². The van der Waals surface area contributed by atoms with Crippen LogP contribution in [0.4, 0.5) is 0 Å². The molecule has 2 aliphatic carbocycles. The zero-order valence-electron chi connectivity index (χ0n) is 13.2. The molecular weight excluding hydrogens is 272 g/mol. The Morgan fingerprint density at radius 3 is 2.41 bits per heavy atom. The van der Waals surface area contributed by atoms with Crippen molar-refractivity contribution in [3.05, 3.63) is 47.2 Å². The third-order valence-electron chi connectivity index (χ3n) is 5.07. The molecule has 0 unspecified atom stereocenters. The van der Waals surface area contributed by atoms with Crippen LogP contribution in [-0.2, 0) is 0 Å². The molecule has 0 saturated heterocycles. The Morgan fingerprint density at radius 1 is 1.00 bits per heavy atom. The topological polar surface area (TPSA) is 40.5 Å². The molecule has 2 fully saturated rings. The van der Waals surface area contributed by atoms with Crippen molar-refractivity contribution in [3.8, 4) is 0 Å². The molecule has 2 N–H and O–H groups in total. The van der Waals surface area contributed by atoms with Gasteiger partial charge in [0.25, 0.3) is 0 Å². The van der Waals surface area contributed by atoms with E-state index in [4.69, 9.17) is 0 Å². The van der Waals surface area contributed by atoms with Crippen LogP contribution in [0.3, 0.4) is 0 Å². The quantitative estimate of drug-likeness (QED) is 0.802. The van der Waals surface area contributed by atoms with Crippen LogP contribution in [0.5, 0.6) is 0 Å². The Bertz CT molecular complexity index is 561. The van der Waals surface area contributed by atoms with Crippen molar-refractivity contribution in [3.63, 3.8) is 0 Å². The van der Waals surface area contributed by atoms with Gasteiger partial charge in [0.1, 0.15) is 0 Å². The average molecular weight is 298 g/mol. The van der Waals surface area contributed by atoms with E-state index in [0.29, 0.717) is 0 Å². The summed E-state index contributed by atoms with van der Waals surface area (Å²) in [5.74, 6) is 0. The van der Waals surface area contributed by atoms with Crippen molar-refractivity contribution in [1.29, 1.82) is 0 Å². The number of rotatable bonds is 2. The summed E-state index contributed by atoms with van der Waals surface area (Å²) in [6.45, 7) is 0. The van der Waals surface area contributed by atoms with Crippen LogP contribution in [0.1, 0.15) is 63.4 Å². The van der Waals surface area contributed by atoms with Crippen molar-refractivity contribution >= 4 is 5.57 Å². The maximum Gasteiger partial charge on any atom is 0.0973 e. The van der Waals surface area contributed by atoms with Crippen molar-refractivity contribution in [2.45, 2.75) is 69.5 Å². The first-order chi connectivity index (χ1) is 10.7. The van der Waals surface area contributed by atoms with Crippen LogP contribution < -0.4 is 0 Å². The average Bonchev–Trinajstić information content (AvgIpc) is 2.55. The van der Waals surface area contributed by atoms with E-state index in [0.717, 1.165) is 68.1 Å². The van der Waals surface area contributed by atoms with Gasteiger partial charge in [-0.05, 0) is 37.7 Å². The van der Waals surface area contributed by atoms with E-state index in [1.54, 1.807) is 0 Å². The number of aliphatic hydroxyl groups excluding tert-OH is 1. The molecule has 0 aromatic heterocycles. The van der Waals surface area contributed by atoms with Gasteiger partial charge < -0.3 is 10.2 Å². The molecule has 2 aliphatic rings. The summed E-state index contributed by atoms with van der Waals surface area (Å²) in [5, 5.41) is 21.5. The first kappa shape index (κ1) is 15.6. The maximum absolute atomic E-state index is 11.2. The predicted octanol–water partition coefficient (Wildman–Crippen LogP) is 4.23. The van der Waals surface area contributed by atoms with Gasteiger partial charge in [0, 0.05) is 11.1 Å². The molecule has 1 aromatic rings. The molecule has 0 amide bonds. The third kappa shape index (κ3) is 3.35. The highest BCUT2D eigenvalue weighted by molar-refractivity contribution is 5.72. The second kappa shape index (κ2) is 6.83. The zero-order chi connectivity index (χ0) is 15.4. The zero-order valence-corrected chi connectivity index (χ0v) is 13.2. The van der Waals surface area contributed by atoms with Gasteiger partial charge in [0.15, 0.2) is 0 Å². The summed E-state index contributed by atoms with van der Waals surface area (Å²) in [6.07, 6.45) is 8.44. The molecular formula is C20H26O2. The van der Waals surface area contributed by atoms with E-state index in [9.17, 15) is 10.2 Å². The maximum atomic E-state index is 11.2. The van der Waals surface area contributed by atoms with E-state index in [1.165, 1.54) is 6.42 Å². The minimum atomic E-state index is -0.788. The lowest BCUT2D eigenvalue weighted by atomic mass is 9.76. The normalized spacial score (nSPS) is 24.6. The van der Waals surface area contributed by atoms with Crippen molar-refractivity contribution in [2.24, 2.45) is 0 Å². The highest BCUT2D eigenvalue weighted by atomic mass is 16.3. The molecule has 0 bridgehead atoms. The first-order valence-corrected chi connectivity index (χ1v) is 8.65. The molecule has 0 aliphatic heterocycles. The van der Waals surface area contributed by atoms with Crippen LogP contribution in [0.2, 0.25) is 0 Å². The molecule has 22 heavy (non-hydrogen) atoms. The van der Waals surface area contributed by atoms with Crippen molar-refractivity contribution in [1.82, 2.24) is 0 Å². The molecule has 3 rings (SSSR count). The monoisotopic (exact) mass is 298 g/mol. The lowest BCUT2D eigenvalue weighted by Gasteiger charge is -2.34. The first-order valence-electron chi connectivity index (χ1n) is 8.65. The number of aliphatic hydroxyl groups is 2. The molecule has 1 aromatic carbocycles. The lowest BCUT2D eigenvalue weighted by Crippen LogP contribution is -2.32. The molecule has 1 atom stereocenters. The van der Waals surface area contributed by atoms with E-state index < -0.39 is 5.60 Å². The van der Waals surface area contributed by atoms with Gasteiger partial charge in [-0.25, -0.2) is 0 Å². The molecule has 0 heterocycles.